The topological polar surface area (TPSA) is 88.9 Å². The molecule has 1 aromatic heterocycles. The van der Waals surface area contributed by atoms with Gasteiger partial charge in [-0.2, -0.15) is 0 Å². The number of hydrogen-bond acceptors (Lipinski definition) is 5. The fourth-order valence-corrected chi connectivity index (χ4v) is 4.27. The van der Waals surface area contributed by atoms with E-state index in [4.69, 9.17) is 0 Å². The third-order valence-corrected chi connectivity index (χ3v) is 5.81. The second-order valence-electron chi connectivity index (χ2n) is 7.03. The Kier molecular flexibility index (Phi) is 7.35. The number of rotatable bonds is 7. The predicted molar refractivity (Wildman–Crippen MR) is 106 cm³/mol. The Balaban J connectivity index is 1.49. The minimum Gasteiger partial charge on any atom is -0.346 e. The molecule has 30 heavy (non-hydrogen) atoms. The van der Waals surface area contributed by atoms with Crippen molar-refractivity contribution in [2.24, 2.45) is 0 Å². The summed E-state index contributed by atoms with van der Waals surface area (Å²) in [6.07, 6.45) is 5.64. The van der Waals surface area contributed by atoms with E-state index in [1.165, 1.54) is 18.2 Å². The molecule has 0 atom stereocenters. The third-order valence-electron chi connectivity index (χ3n) is 4.86. The Labute approximate surface area is 175 Å². The standard InChI is InChI=1S/C19H22F3N5O2S/c1-11-25-26-19(27(11)12-5-3-2-4-6-12)30-10-16(29)23-9-15(28)24-14-8-7-13(20)17(21)18(14)22/h7-8,12H,2-6,9-10H2,1H3,(H,23,29)(H,24,28). The molecule has 0 spiro atoms. The van der Waals surface area contributed by atoms with Crippen LogP contribution in [-0.4, -0.2) is 38.9 Å². The number of aromatic nitrogens is 3. The average Bonchev–Trinajstić information content (AvgIpc) is 3.12. The lowest BCUT2D eigenvalue weighted by atomic mass is 9.95. The van der Waals surface area contributed by atoms with Crippen LogP contribution in [0.5, 0.6) is 0 Å². The maximum absolute atomic E-state index is 13.6. The van der Waals surface area contributed by atoms with Gasteiger partial charge >= 0.3 is 0 Å². The van der Waals surface area contributed by atoms with Crippen molar-refractivity contribution in [1.29, 1.82) is 0 Å². The van der Waals surface area contributed by atoms with Gasteiger partial charge in [-0.3, -0.25) is 9.59 Å². The van der Waals surface area contributed by atoms with Crippen molar-refractivity contribution in [3.05, 3.63) is 35.4 Å². The van der Waals surface area contributed by atoms with E-state index < -0.39 is 41.5 Å². The number of amides is 2. The van der Waals surface area contributed by atoms with Gasteiger partial charge in [0.1, 0.15) is 5.82 Å². The van der Waals surface area contributed by atoms with Crippen LogP contribution in [-0.2, 0) is 9.59 Å². The van der Waals surface area contributed by atoms with Crippen molar-refractivity contribution >= 4 is 29.3 Å². The maximum atomic E-state index is 13.6. The van der Waals surface area contributed by atoms with E-state index in [1.807, 2.05) is 6.92 Å². The minimum atomic E-state index is -1.68. The molecule has 1 aromatic carbocycles. The van der Waals surface area contributed by atoms with E-state index in [0.29, 0.717) is 17.3 Å². The number of halogens is 3. The summed E-state index contributed by atoms with van der Waals surface area (Å²) < 4.78 is 41.8. The summed E-state index contributed by atoms with van der Waals surface area (Å²) >= 11 is 1.23. The zero-order valence-corrected chi connectivity index (χ0v) is 17.2. The van der Waals surface area contributed by atoms with Gasteiger partial charge < -0.3 is 15.2 Å². The molecule has 0 saturated heterocycles. The van der Waals surface area contributed by atoms with Crippen LogP contribution < -0.4 is 10.6 Å². The highest BCUT2D eigenvalue weighted by Gasteiger charge is 2.22. The van der Waals surface area contributed by atoms with Gasteiger partial charge in [-0.25, -0.2) is 13.2 Å². The van der Waals surface area contributed by atoms with E-state index in [0.717, 1.165) is 37.6 Å². The first-order valence-corrected chi connectivity index (χ1v) is 10.6. The van der Waals surface area contributed by atoms with Gasteiger partial charge in [0, 0.05) is 6.04 Å². The normalized spacial score (nSPS) is 14.5. The van der Waals surface area contributed by atoms with E-state index >= 15 is 0 Å². The number of aryl methyl sites for hydroxylation is 1. The van der Waals surface area contributed by atoms with Crippen molar-refractivity contribution < 1.29 is 22.8 Å². The first-order chi connectivity index (χ1) is 14.4. The molecular formula is C19H22F3N5O2S. The summed E-state index contributed by atoms with van der Waals surface area (Å²) in [5.41, 5.74) is -0.501. The Hall–Kier alpha value is -2.56. The van der Waals surface area contributed by atoms with Crippen LogP contribution in [0.4, 0.5) is 18.9 Å². The van der Waals surface area contributed by atoms with Crippen LogP contribution in [0.1, 0.15) is 44.0 Å². The lowest BCUT2D eigenvalue weighted by molar-refractivity contribution is -0.122. The molecule has 2 amide bonds. The fourth-order valence-electron chi connectivity index (χ4n) is 3.38. The van der Waals surface area contributed by atoms with E-state index in [2.05, 4.69) is 25.4 Å². The van der Waals surface area contributed by atoms with Crippen LogP contribution in [0.25, 0.3) is 0 Å². The highest BCUT2D eigenvalue weighted by atomic mass is 32.2. The van der Waals surface area contributed by atoms with Crippen molar-refractivity contribution in [3.8, 4) is 0 Å². The Morgan fingerprint density at radius 2 is 1.83 bits per heavy atom. The molecule has 3 rings (SSSR count). The first-order valence-electron chi connectivity index (χ1n) is 9.61. The Morgan fingerprint density at radius 3 is 2.57 bits per heavy atom. The van der Waals surface area contributed by atoms with Gasteiger partial charge in [0.2, 0.25) is 11.8 Å². The summed E-state index contributed by atoms with van der Waals surface area (Å²) in [5, 5.41) is 13.4. The minimum absolute atomic E-state index is 0.0255. The number of nitrogens with one attached hydrogen (secondary N) is 2. The molecule has 11 heteroatoms. The van der Waals surface area contributed by atoms with Crippen LogP contribution >= 0.6 is 11.8 Å². The highest BCUT2D eigenvalue weighted by Crippen LogP contribution is 2.32. The van der Waals surface area contributed by atoms with Crippen LogP contribution in [0.15, 0.2) is 17.3 Å². The number of nitrogens with zero attached hydrogens (tertiary/aromatic N) is 3. The Bertz CT molecular complexity index is 931. The predicted octanol–water partition coefficient (Wildman–Crippen LogP) is 3.36. The number of carbonyl (C=O) groups excluding carboxylic acids is 2. The molecule has 2 aromatic rings. The van der Waals surface area contributed by atoms with Crippen LogP contribution in [0.2, 0.25) is 0 Å². The van der Waals surface area contributed by atoms with E-state index in [-0.39, 0.29) is 5.75 Å². The molecule has 0 bridgehead atoms. The van der Waals surface area contributed by atoms with Gasteiger partial charge in [0.25, 0.3) is 0 Å². The molecule has 0 radical (unpaired) electrons. The fraction of sp³-hybridized carbons (Fsp3) is 0.474. The molecule has 2 N–H and O–H groups in total. The van der Waals surface area contributed by atoms with E-state index in [9.17, 15) is 22.8 Å². The molecule has 1 saturated carbocycles. The van der Waals surface area contributed by atoms with Crippen molar-refractivity contribution in [3.63, 3.8) is 0 Å². The number of thioether (sulfide) groups is 1. The summed E-state index contributed by atoms with van der Waals surface area (Å²) in [5.74, 6) is -4.88. The van der Waals surface area contributed by atoms with Crippen LogP contribution in [0, 0.1) is 24.4 Å². The average molecular weight is 441 g/mol. The number of carbonyl (C=O) groups is 2. The van der Waals surface area contributed by atoms with Crippen LogP contribution in [0.3, 0.4) is 0 Å². The monoisotopic (exact) mass is 441 g/mol. The SMILES string of the molecule is Cc1nnc(SCC(=O)NCC(=O)Nc2ccc(F)c(F)c2F)n1C1CCCCC1. The largest absolute Gasteiger partial charge is 0.346 e. The van der Waals surface area contributed by atoms with Gasteiger partial charge in [-0.15, -0.1) is 10.2 Å². The highest BCUT2D eigenvalue weighted by molar-refractivity contribution is 7.99. The van der Waals surface area contributed by atoms with Gasteiger partial charge in [0.05, 0.1) is 18.0 Å². The molecular weight excluding hydrogens is 419 g/mol. The Morgan fingerprint density at radius 1 is 1.10 bits per heavy atom. The summed E-state index contributed by atoms with van der Waals surface area (Å²) in [6, 6.07) is 1.94. The summed E-state index contributed by atoms with van der Waals surface area (Å²) in [6.45, 7) is 1.44. The molecule has 7 nitrogen and oxygen atoms in total. The second kappa shape index (κ2) is 9.96. The molecule has 1 heterocycles. The quantitative estimate of drug-likeness (QED) is 0.508. The van der Waals surface area contributed by atoms with Gasteiger partial charge in [-0.05, 0) is 31.9 Å². The molecule has 1 fully saturated rings. The molecule has 162 valence electrons. The number of benzene rings is 1. The van der Waals surface area contributed by atoms with Gasteiger partial charge in [-0.1, -0.05) is 31.0 Å². The summed E-state index contributed by atoms with van der Waals surface area (Å²) in [7, 11) is 0. The van der Waals surface area contributed by atoms with Crippen molar-refractivity contribution in [1.82, 2.24) is 20.1 Å². The third kappa shape index (κ3) is 5.32. The lowest BCUT2D eigenvalue weighted by Gasteiger charge is -2.24. The summed E-state index contributed by atoms with van der Waals surface area (Å²) in [4.78, 5) is 23.9. The zero-order chi connectivity index (χ0) is 21.7. The smallest absolute Gasteiger partial charge is 0.243 e. The number of anilines is 1. The van der Waals surface area contributed by atoms with E-state index in [1.54, 1.807) is 0 Å². The first kappa shape index (κ1) is 22.1. The van der Waals surface area contributed by atoms with Gasteiger partial charge in [0.15, 0.2) is 22.6 Å². The molecule has 1 aliphatic carbocycles. The van der Waals surface area contributed by atoms with Crippen molar-refractivity contribution in [2.75, 3.05) is 17.6 Å². The maximum Gasteiger partial charge on any atom is 0.243 e. The number of hydrogen-bond donors (Lipinski definition) is 2. The molecule has 0 unspecified atom stereocenters. The lowest BCUT2D eigenvalue weighted by Crippen LogP contribution is -2.34. The zero-order valence-electron chi connectivity index (χ0n) is 16.4. The second-order valence-corrected chi connectivity index (χ2v) is 7.97. The molecule has 1 aliphatic rings. The molecule has 0 aliphatic heterocycles. The van der Waals surface area contributed by atoms with Crippen molar-refractivity contribution in [2.45, 2.75) is 50.2 Å².